The summed E-state index contributed by atoms with van der Waals surface area (Å²) in [5.74, 6) is 3.16. The molecule has 1 fully saturated rings. The highest BCUT2D eigenvalue weighted by molar-refractivity contribution is 7.91. The summed E-state index contributed by atoms with van der Waals surface area (Å²) in [5.41, 5.74) is 5.71. The maximum Gasteiger partial charge on any atom is 0.244 e. The predicted molar refractivity (Wildman–Crippen MR) is 60.7 cm³/mol. The van der Waals surface area contributed by atoms with E-state index in [1.807, 2.05) is 0 Å². The quantitative estimate of drug-likeness (QED) is 0.763. The molecule has 0 amide bonds. The van der Waals surface area contributed by atoms with Crippen molar-refractivity contribution in [2.24, 2.45) is 5.73 Å². The van der Waals surface area contributed by atoms with Gasteiger partial charge in [0.25, 0.3) is 0 Å². The van der Waals surface area contributed by atoms with Crippen LogP contribution in [0.5, 0.6) is 0 Å². The molecule has 1 aromatic heterocycles. The molecule has 92 valence electrons. The third-order valence-corrected chi connectivity index (χ3v) is 4.48. The fourth-order valence-corrected chi connectivity index (χ4v) is 3.52. The molecule has 0 saturated carbocycles. The van der Waals surface area contributed by atoms with E-state index >= 15 is 0 Å². The van der Waals surface area contributed by atoms with Crippen molar-refractivity contribution in [3.05, 3.63) is 11.7 Å². The van der Waals surface area contributed by atoms with Gasteiger partial charge in [-0.25, -0.2) is 8.42 Å². The zero-order valence-electron chi connectivity index (χ0n) is 9.17. The number of sulfone groups is 1. The topological polar surface area (TPSA) is 99.1 Å². The van der Waals surface area contributed by atoms with Gasteiger partial charge >= 0.3 is 0 Å². The van der Waals surface area contributed by atoms with Crippen molar-refractivity contribution in [2.75, 3.05) is 11.5 Å². The lowest BCUT2D eigenvalue weighted by Crippen LogP contribution is -2.10. The lowest BCUT2D eigenvalue weighted by atomic mass is 10.1. The molecule has 2 atom stereocenters. The van der Waals surface area contributed by atoms with E-state index in [9.17, 15) is 8.42 Å². The van der Waals surface area contributed by atoms with Crippen molar-refractivity contribution >= 4 is 9.84 Å². The van der Waals surface area contributed by atoms with E-state index in [1.165, 1.54) is 0 Å². The van der Waals surface area contributed by atoms with Crippen LogP contribution in [0.4, 0.5) is 0 Å². The van der Waals surface area contributed by atoms with Gasteiger partial charge in [0.05, 0.1) is 17.5 Å². The molecule has 1 aliphatic heterocycles. The average molecular weight is 255 g/mol. The first-order valence-electron chi connectivity index (χ1n) is 5.25. The molecule has 2 rings (SSSR count). The summed E-state index contributed by atoms with van der Waals surface area (Å²) >= 11 is 0. The van der Waals surface area contributed by atoms with E-state index in [4.69, 9.17) is 16.7 Å². The van der Waals surface area contributed by atoms with Crippen LogP contribution in [-0.4, -0.2) is 30.1 Å². The Bertz CT molecular complexity index is 543. The lowest BCUT2D eigenvalue weighted by Gasteiger charge is -2.00. The second kappa shape index (κ2) is 4.47. The van der Waals surface area contributed by atoms with Gasteiger partial charge in [-0.05, 0) is 6.42 Å². The van der Waals surface area contributed by atoms with Crippen molar-refractivity contribution in [2.45, 2.75) is 24.8 Å². The smallest absolute Gasteiger partial charge is 0.244 e. The van der Waals surface area contributed by atoms with E-state index in [2.05, 4.69) is 16.1 Å². The Morgan fingerprint density at radius 2 is 2.41 bits per heavy atom. The third-order valence-electron chi connectivity index (χ3n) is 2.71. The summed E-state index contributed by atoms with van der Waals surface area (Å²) in [4.78, 5) is 4.11. The molecular weight excluding hydrogens is 242 g/mol. The molecule has 2 heterocycles. The van der Waals surface area contributed by atoms with Gasteiger partial charge in [0.15, 0.2) is 15.7 Å². The first-order chi connectivity index (χ1) is 8.02. The highest BCUT2D eigenvalue weighted by Crippen LogP contribution is 2.27. The van der Waals surface area contributed by atoms with Crippen molar-refractivity contribution in [1.82, 2.24) is 10.1 Å². The van der Waals surface area contributed by atoms with Crippen LogP contribution >= 0.6 is 0 Å². The molecule has 0 aliphatic carbocycles. The molecule has 1 saturated heterocycles. The molecular formula is C10H13N3O3S. The fraction of sp³-hybridized carbons (Fsp3) is 0.600. The summed E-state index contributed by atoms with van der Waals surface area (Å²) in [7, 11) is -2.95. The van der Waals surface area contributed by atoms with Gasteiger partial charge in [-0.3, -0.25) is 0 Å². The van der Waals surface area contributed by atoms with Crippen LogP contribution < -0.4 is 5.73 Å². The molecule has 0 spiro atoms. The molecule has 1 aromatic rings. The summed E-state index contributed by atoms with van der Waals surface area (Å²) in [6, 6.07) is -0.487. The predicted octanol–water partition coefficient (Wildman–Crippen LogP) is -0.00520. The number of aromatic nitrogens is 2. The fourth-order valence-electron chi connectivity index (χ4n) is 1.78. The van der Waals surface area contributed by atoms with Gasteiger partial charge in [0.2, 0.25) is 5.89 Å². The molecule has 6 nitrogen and oxygen atoms in total. The Kier molecular flexibility index (Phi) is 3.17. The number of rotatable bonds is 3. The second-order valence-corrected chi connectivity index (χ2v) is 6.33. The minimum Gasteiger partial charge on any atom is -0.338 e. The normalized spacial score (nSPS) is 24.4. The molecule has 0 radical (unpaired) electrons. The van der Waals surface area contributed by atoms with Crippen LogP contribution in [0.2, 0.25) is 0 Å². The Morgan fingerprint density at radius 3 is 3.00 bits per heavy atom. The molecule has 2 N–H and O–H groups in total. The first-order valence-corrected chi connectivity index (χ1v) is 7.07. The Morgan fingerprint density at radius 1 is 1.65 bits per heavy atom. The van der Waals surface area contributed by atoms with Crippen LogP contribution in [0, 0.1) is 12.3 Å². The van der Waals surface area contributed by atoms with Gasteiger partial charge in [-0.15, -0.1) is 12.3 Å². The van der Waals surface area contributed by atoms with Gasteiger partial charge in [0.1, 0.15) is 0 Å². The van der Waals surface area contributed by atoms with E-state index < -0.39 is 15.9 Å². The van der Waals surface area contributed by atoms with E-state index in [1.54, 1.807) is 0 Å². The van der Waals surface area contributed by atoms with Crippen molar-refractivity contribution < 1.29 is 12.9 Å². The average Bonchev–Trinajstić information content (AvgIpc) is 2.84. The Hall–Kier alpha value is -1.39. The van der Waals surface area contributed by atoms with Gasteiger partial charge in [0, 0.05) is 12.3 Å². The summed E-state index contributed by atoms with van der Waals surface area (Å²) in [6.45, 7) is 0. The number of hydrogen-bond donors (Lipinski definition) is 1. The minimum atomic E-state index is -2.95. The zero-order chi connectivity index (χ0) is 12.5. The van der Waals surface area contributed by atoms with Gasteiger partial charge in [-0.2, -0.15) is 4.98 Å². The molecule has 7 heteroatoms. The lowest BCUT2D eigenvalue weighted by molar-refractivity contribution is 0.350. The van der Waals surface area contributed by atoms with Crippen molar-refractivity contribution in [3.8, 4) is 12.3 Å². The number of nitrogens with zero attached hydrogens (tertiary/aromatic N) is 2. The van der Waals surface area contributed by atoms with E-state index in [-0.39, 0.29) is 23.3 Å². The maximum atomic E-state index is 11.3. The summed E-state index contributed by atoms with van der Waals surface area (Å²) in [6.07, 6.45) is 5.98. The molecule has 1 aliphatic rings. The van der Waals surface area contributed by atoms with Gasteiger partial charge < -0.3 is 10.3 Å². The standard InChI is InChI=1S/C10H13N3O3S/c1-2-3-8(11)10-12-9(13-16-10)7-4-5-17(14,15)6-7/h1,7-8H,3-6,11H2. The van der Waals surface area contributed by atoms with Crippen LogP contribution in [0.15, 0.2) is 4.52 Å². The Labute approximate surface area is 99.5 Å². The van der Waals surface area contributed by atoms with Crippen LogP contribution in [0.3, 0.4) is 0 Å². The molecule has 2 unspecified atom stereocenters. The van der Waals surface area contributed by atoms with Crippen molar-refractivity contribution in [3.63, 3.8) is 0 Å². The highest BCUT2D eigenvalue weighted by Gasteiger charge is 2.32. The summed E-state index contributed by atoms with van der Waals surface area (Å²) < 4.78 is 27.6. The van der Waals surface area contributed by atoms with Crippen LogP contribution in [-0.2, 0) is 9.84 Å². The van der Waals surface area contributed by atoms with E-state index in [0.717, 1.165) is 0 Å². The Balaban J connectivity index is 2.12. The monoisotopic (exact) mass is 255 g/mol. The number of hydrogen-bond acceptors (Lipinski definition) is 6. The molecule has 0 aromatic carbocycles. The minimum absolute atomic E-state index is 0.0797. The SMILES string of the molecule is C#CCC(N)c1nc(C2CCS(=O)(=O)C2)no1. The maximum absolute atomic E-state index is 11.3. The highest BCUT2D eigenvalue weighted by atomic mass is 32.2. The molecule has 17 heavy (non-hydrogen) atoms. The largest absolute Gasteiger partial charge is 0.338 e. The van der Waals surface area contributed by atoms with Crippen LogP contribution in [0.1, 0.15) is 36.5 Å². The van der Waals surface area contributed by atoms with Crippen molar-refractivity contribution in [1.29, 1.82) is 0 Å². The van der Waals surface area contributed by atoms with E-state index in [0.29, 0.717) is 18.7 Å². The van der Waals surface area contributed by atoms with Gasteiger partial charge in [-0.1, -0.05) is 5.16 Å². The van der Waals surface area contributed by atoms with Crippen LogP contribution in [0.25, 0.3) is 0 Å². The summed E-state index contributed by atoms with van der Waals surface area (Å²) in [5, 5.41) is 3.77. The second-order valence-electron chi connectivity index (χ2n) is 4.11. The third kappa shape index (κ3) is 2.65. The zero-order valence-corrected chi connectivity index (χ0v) is 9.98. The number of terminal acetylenes is 1. The first kappa shape index (κ1) is 12.1. The molecule has 0 bridgehead atoms. The number of nitrogens with two attached hydrogens (primary N) is 1.